The molecule has 0 spiro atoms. The summed E-state index contributed by atoms with van der Waals surface area (Å²) in [7, 11) is 0. The van der Waals surface area contributed by atoms with Crippen molar-refractivity contribution in [2.45, 2.75) is 53.4 Å². The Kier molecular flexibility index (Phi) is 9.44. The molecular weight excluding hydrogens is 669 g/mol. The van der Waals surface area contributed by atoms with Crippen molar-refractivity contribution in [3.8, 4) is 11.3 Å². The van der Waals surface area contributed by atoms with Gasteiger partial charge in [0.25, 0.3) is 0 Å². The summed E-state index contributed by atoms with van der Waals surface area (Å²) in [5, 5.41) is 3.54. The number of hydrogen-bond acceptors (Lipinski definition) is 1. The molecule has 0 fully saturated rings. The molecule has 0 N–H and O–H groups in total. The second kappa shape index (κ2) is 11.1. The van der Waals surface area contributed by atoms with Crippen molar-refractivity contribution in [2.24, 2.45) is 0 Å². The molecule has 0 bridgehead atoms. The molecular formula is C30H32IrN2Y-2. The number of rotatable bonds is 3. The Hall–Kier alpha value is -1.38. The van der Waals surface area contributed by atoms with Gasteiger partial charge in [0.2, 0.25) is 0 Å². The fourth-order valence-corrected chi connectivity index (χ4v) is 4.84. The van der Waals surface area contributed by atoms with Crippen LogP contribution in [0, 0.1) is 27.3 Å². The number of benzene rings is 3. The summed E-state index contributed by atoms with van der Waals surface area (Å²) in [6.07, 6.45) is 2.05. The summed E-state index contributed by atoms with van der Waals surface area (Å²) in [6.45, 7) is 13.5. The van der Waals surface area contributed by atoms with Crippen molar-refractivity contribution in [1.82, 2.24) is 9.38 Å². The molecule has 176 valence electrons. The predicted molar refractivity (Wildman–Crippen MR) is 139 cm³/mol. The average Bonchev–Trinajstić information content (AvgIpc) is 3.18. The smallest absolute Gasteiger partial charge is 0.0639 e. The zero-order valence-electron chi connectivity index (χ0n) is 21.2. The standard InChI is InChI=1S/C29H29N2.CH3.Ir.Y/c1-17(2)21-14-20(6)28(24(15-21)18(3)4)27-16-30-29-23-10-8-7-9-22(23)25-13-19(5)11-12-26(25)31(27)29;;;/h7-9,11-18H,1-6H3;1H3;;/q2*-1;;. The molecule has 2 nitrogen and oxygen atoms in total. The van der Waals surface area contributed by atoms with Crippen LogP contribution in [0.1, 0.15) is 61.8 Å². The van der Waals surface area contributed by atoms with E-state index in [2.05, 4.69) is 101 Å². The number of nitrogens with zero attached hydrogens (tertiary/aromatic N) is 2. The maximum atomic E-state index is 4.93. The van der Waals surface area contributed by atoms with Gasteiger partial charge in [-0.25, -0.2) is 0 Å². The molecule has 5 rings (SSSR count). The van der Waals surface area contributed by atoms with E-state index in [1.807, 2.05) is 6.07 Å². The van der Waals surface area contributed by atoms with E-state index in [-0.39, 0.29) is 60.2 Å². The van der Waals surface area contributed by atoms with Gasteiger partial charge in [-0.3, -0.25) is 4.98 Å². The fourth-order valence-electron chi connectivity index (χ4n) is 4.84. The van der Waals surface area contributed by atoms with Crippen molar-refractivity contribution in [3.63, 3.8) is 0 Å². The number of aromatic nitrogens is 2. The van der Waals surface area contributed by atoms with Crippen LogP contribution < -0.4 is 0 Å². The van der Waals surface area contributed by atoms with Gasteiger partial charge in [-0.05, 0) is 53.8 Å². The summed E-state index contributed by atoms with van der Waals surface area (Å²) >= 11 is 0. The topological polar surface area (TPSA) is 17.3 Å². The third-order valence-electron chi connectivity index (χ3n) is 6.46. The molecule has 2 heterocycles. The van der Waals surface area contributed by atoms with E-state index in [0.29, 0.717) is 11.8 Å². The van der Waals surface area contributed by atoms with Crippen LogP contribution in [0.15, 0.2) is 54.7 Å². The number of aryl methyl sites for hydroxylation is 2. The van der Waals surface area contributed by atoms with Crippen molar-refractivity contribution in [3.05, 3.63) is 90.5 Å². The Labute approximate surface area is 242 Å². The number of fused-ring (bicyclic) bond motifs is 6. The minimum absolute atomic E-state index is 0. The van der Waals surface area contributed by atoms with Gasteiger partial charge in [-0.15, -0.1) is 29.7 Å². The maximum absolute atomic E-state index is 4.93. The molecule has 2 radical (unpaired) electrons. The molecule has 2 aromatic heterocycles. The van der Waals surface area contributed by atoms with Gasteiger partial charge in [0, 0.05) is 70.1 Å². The van der Waals surface area contributed by atoms with Gasteiger partial charge in [0.05, 0.1) is 11.3 Å². The molecule has 0 unspecified atom stereocenters. The minimum atomic E-state index is 0. The molecule has 5 aromatic rings. The van der Waals surface area contributed by atoms with E-state index in [4.69, 9.17) is 4.98 Å². The molecule has 0 atom stereocenters. The zero-order valence-corrected chi connectivity index (χ0v) is 26.4. The Balaban J connectivity index is 0.00000136. The van der Waals surface area contributed by atoms with Crippen LogP contribution in [0.4, 0.5) is 0 Å². The quantitative estimate of drug-likeness (QED) is 0.137. The maximum Gasteiger partial charge on any atom is 0.0639 e. The first-order valence-electron chi connectivity index (χ1n) is 11.2. The third kappa shape index (κ3) is 4.70. The monoisotopic (exact) mass is 702 g/mol. The first-order valence-corrected chi connectivity index (χ1v) is 11.2. The Morgan fingerprint density at radius 3 is 2.32 bits per heavy atom. The summed E-state index contributed by atoms with van der Waals surface area (Å²) in [6, 6.07) is 21.2. The Bertz CT molecular complexity index is 1460. The second-order valence-corrected chi connectivity index (χ2v) is 9.39. The van der Waals surface area contributed by atoms with Gasteiger partial charge in [0.15, 0.2) is 0 Å². The minimum Gasteiger partial charge on any atom is -0.358 e. The van der Waals surface area contributed by atoms with Crippen molar-refractivity contribution >= 4 is 27.3 Å². The van der Waals surface area contributed by atoms with E-state index in [1.54, 1.807) is 0 Å². The van der Waals surface area contributed by atoms with Crippen LogP contribution in [-0.4, -0.2) is 9.38 Å². The SMILES string of the molecule is Cc1ccc2c(c1)c1ccc[c-]c1c1ncc(-c3c(C)cc(C(C)C)cc3C(C)C)n21.[CH3-].[Ir].[Y]. The predicted octanol–water partition coefficient (Wildman–Crippen LogP) is 8.42. The summed E-state index contributed by atoms with van der Waals surface area (Å²) in [4.78, 5) is 4.93. The number of hydrogen-bond donors (Lipinski definition) is 0. The van der Waals surface area contributed by atoms with E-state index < -0.39 is 0 Å². The van der Waals surface area contributed by atoms with E-state index >= 15 is 0 Å². The van der Waals surface area contributed by atoms with Crippen LogP contribution in [0.25, 0.3) is 38.6 Å². The van der Waals surface area contributed by atoms with E-state index in [9.17, 15) is 0 Å². The molecule has 0 amide bonds. The average molecular weight is 702 g/mol. The number of pyridine rings is 1. The molecule has 0 aliphatic rings. The molecule has 0 saturated heterocycles. The third-order valence-corrected chi connectivity index (χ3v) is 6.46. The molecule has 4 heteroatoms. The van der Waals surface area contributed by atoms with Gasteiger partial charge in [-0.2, -0.15) is 0 Å². The normalized spacial score (nSPS) is 11.1. The first kappa shape index (κ1) is 28.9. The second-order valence-electron chi connectivity index (χ2n) is 9.39. The first-order chi connectivity index (χ1) is 14.9. The molecule has 34 heavy (non-hydrogen) atoms. The van der Waals surface area contributed by atoms with Crippen molar-refractivity contribution in [1.29, 1.82) is 0 Å². The zero-order chi connectivity index (χ0) is 21.9. The summed E-state index contributed by atoms with van der Waals surface area (Å²) in [5.74, 6) is 0.938. The van der Waals surface area contributed by atoms with Crippen LogP contribution in [0.3, 0.4) is 0 Å². The van der Waals surface area contributed by atoms with Crippen molar-refractivity contribution in [2.75, 3.05) is 0 Å². The number of imidazole rings is 1. The summed E-state index contributed by atoms with van der Waals surface area (Å²) in [5.41, 5.74) is 10.0. The van der Waals surface area contributed by atoms with Gasteiger partial charge < -0.3 is 11.8 Å². The molecule has 0 aliphatic carbocycles. The fraction of sp³-hybridized carbons (Fsp3) is 0.267. The summed E-state index contributed by atoms with van der Waals surface area (Å²) < 4.78 is 2.34. The van der Waals surface area contributed by atoms with Gasteiger partial charge >= 0.3 is 0 Å². The van der Waals surface area contributed by atoms with Crippen LogP contribution in [0.5, 0.6) is 0 Å². The molecule has 3 aromatic carbocycles. The largest absolute Gasteiger partial charge is 0.358 e. The molecule has 0 saturated carbocycles. The Morgan fingerprint density at radius 2 is 1.65 bits per heavy atom. The van der Waals surface area contributed by atoms with Crippen molar-refractivity contribution < 1.29 is 52.8 Å². The van der Waals surface area contributed by atoms with Crippen LogP contribution in [0.2, 0.25) is 0 Å². The Morgan fingerprint density at radius 1 is 0.912 bits per heavy atom. The van der Waals surface area contributed by atoms with Crippen LogP contribution in [-0.2, 0) is 52.8 Å². The molecule has 0 aliphatic heterocycles. The van der Waals surface area contributed by atoms with Crippen LogP contribution >= 0.6 is 0 Å². The van der Waals surface area contributed by atoms with E-state index in [1.165, 1.54) is 49.8 Å². The van der Waals surface area contributed by atoms with E-state index in [0.717, 1.165) is 11.0 Å². The van der Waals surface area contributed by atoms with Gasteiger partial charge in [0.1, 0.15) is 0 Å². The van der Waals surface area contributed by atoms with Gasteiger partial charge in [-0.1, -0.05) is 62.9 Å².